The molecule has 0 aliphatic carbocycles. The van der Waals surface area contributed by atoms with Gasteiger partial charge in [0.05, 0.1) is 38.5 Å². The molecule has 2 amide bonds. The van der Waals surface area contributed by atoms with E-state index in [1.54, 1.807) is 24.3 Å². The highest BCUT2D eigenvalue weighted by Crippen LogP contribution is 2.28. The molecular formula is C16H18N2O6. The summed E-state index contributed by atoms with van der Waals surface area (Å²) in [6.45, 7) is -0.120. The Kier molecular flexibility index (Phi) is 5.80. The van der Waals surface area contributed by atoms with Gasteiger partial charge in [-0.25, -0.2) is 0 Å². The Labute approximate surface area is 138 Å². The van der Waals surface area contributed by atoms with Crippen molar-refractivity contribution in [1.29, 1.82) is 0 Å². The van der Waals surface area contributed by atoms with Gasteiger partial charge in [-0.05, 0) is 18.2 Å². The summed E-state index contributed by atoms with van der Waals surface area (Å²) in [5.74, 6) is -0.847. The lowest BCUT2D eigenvalue weighted by Crippen LogP contribution is -2.37. The zero-order chi connectivity index (χ0) is 17.5. The zero-order valence-electron chi connectivity index (χ0n) is 13.2. The van der Waals surface area contributed by atoms with Crippen molar-refractivity contribution in [2.24, 2.45) is 0 Å². The van der Waals surface area contributed by atoms with Gasteiger partial charge in [0.25, 0.3) is 0 Å². The van der Waals surface area contributed by atoms with E-state index < -0.39 is 17.9 Å². The van der Waals surface area contributed by atoms with Crippen LogP contribution in [-0.4, -0.2) is 37.7 Å². The average Bonchev–Trinajstić information content (AvgIpc) is 3.14. The van der Waals surface area contributed by atoms with Crippen LogP contribution in [0.1, 0.15) is 11.7 Å². The third-order valence-electron chi connectivity index (χ3n) is 3.25. The first-order chi connectivity index (χ1) is 11.5. The SMILES string of the molecule is COc1ccc(NC(=O)C(=O)NCC(O)c2ccoc2)c(OC)c1. The lowest BCUT2D eigenvalue weighted by molar-refractivity contribution is -0.136. The monoisotopic (exact) mass is 334 g/mol. The third-order valence-corrected chi connectivity index (χ3v) is 3.25. The number of furan rings is 1. The summed E-state index contributed by atoms with van der Waals surface area (Å²) in [6.07, 6.45) is 1.80. The van der Waals surface area contributed by atoms with Gasteiger partial charge in [0, 0.05) is 18.2 Å². The van der Waals surface area contributed by atoms with Gasteiger partial charge in [0.2, 0.25) is 0 Å². The Bertz CT molecular complexity index is 699. The van der Waals surface area contributed by atoms with E-state index in [-0.39, 0.29) is 6.54 Å². The van der Waals surface area contributed by atoms with E-state index in [9.17, 15) is 14.7 Å². The maximum absolute atomic E-state index is 11.9. The van der Waals surface area contributed by atoms with Crippen molar-refractivity contribution in [3.8, 4) is 11.5 Å². The molecule has 0 aliphatic rings. The molecule has 0 radical (unpaired) electrons. The van der Waals surface area contributed by atoms with Crippen LogP contribution in [0.25, 0.3) is 0 Å². The first kappa shape index (κ1) is 17.4. The number of rotatable bonds is 6. The van der Waals surface area contributed by atoms with Crippen LogP contribution in [-0.2, 0) is 9.59 Å². The number of methoxy groups -OCH3 is 2. The number of amides is 2. The standard InChI is InChI=1S/C16H18N2O6/c1-22-11-3-4-12(14(7-11)23-2)18-16(21)15(20)17-8-13(19)10-5-6-24-9-10/h3-7,9,13,19H,8H2,1-2H3,(H,17,20)(H,18,21). The average molecular weight is 334 g/mol. The molecule has 2 rings (SSSR count). The molecule has 3 N–H and O–H groups in total. The van der Waals surface area contributed by atoms with Crippen LogP contribution >= 0.6 is 0 Å². The molecule has 8 nitrogen and oxygen atoms in total. The summed E-state index contributed by atoms with van der Waals surface area (Å²) in [7, 11) is 2.94. The molecule has 128 valence electrons. The highest BCUT2D eigenvalue weighted by molar-refractivity contribution is 6.39. The molecule has 0 saturated carbocycles. The molecule has 0 saturated heterocycles. The minimum absolute atomic E-state index is 0.120. The van der Waals surface area contributed by atoms with Crippen molar-refractivity contribution in [3.05, 3.63) is 42.4 Å². The molecule has 1 heterocycles. The van der Waals surface area contributed by atoms with E-state index >= 15 is 0 Å². The number of hydrogen-bond donors (Lipinski definition) is 3. The van der Waals surface area contributed by atoms with Crippen molar-refractivity contribution in [2.75, 3.05) is 26.1 Å². The molecule has 8 heteroatoms. The largest absolute Gasteiger partial charge is 0.497 e. The molecule has 1 unspecified atom stereocenters. The molecule has 2 aromatic rings. The number of hydrogen-bond acceptors (Lipinski definition) is 6. The fourth-order valence-electron chi connectivity index (χ4n) is 1.93. The Morgan fingerprint density at radius 2 is 2.00 bits per heavy atom. The maximum atomic E-state index is 11.9. The van der Waals surface area contributed by atoms with Gasteiger partial charge in [-0.15, -0.1) is 0 Å². The number of benzene rings is 1. The van der Waals surface area contributed by atoms with Crippen molar-refractivity contribution in [3.63, 3.8) is 0 Å². The lowest BCUT2D eigenvalue weighted by Gasteiger charge is -2.12. The predicted molar refractivity (Wildman–Crippen MR) is 84.9 cm³/mol. The van der Waals surface area contributed by atoms with Gasteiger partial charge in [-0.2, -0.15) is 0 Å². The number of aliphatic hydroxyl groups excluding tert-OH is 1. The van der Waals surface area contributed by atoms with E-state index in [2.05, 4.69) is 10.6 Å². The predicted octanol–water partition coefficient (Wildman–Crippen LogP) is 1.09. The molecule has 0 aliphatic heterocycles. The summed E-state index contributed by atoms with van der Waals surface area (Å²) in [5, 5.41) is 14.6. The smallest absolute Gasteiger partial charge is 0.313 e. The van der Waals surface area contributed by atoms with E-state index in [0.29, 0.717) is 22.7 Å². The van der Waals surface area contributed by atoms with E-state index in [0.717, 1.165) is 0 Å². The molecule has 0 spiro atoms. The molecule has 1 aromatic carbocycles. The van der Waals surface area contributed by atoms with Gasteiger partial charge < -0.3 is 29.6 Å². The fourth-order valence-corrected chi connectivity index (χ4v) is 1.93. The van der Waals surface area contributed by atoms with Gasteiger partial charge in [-0.3, -0.25) is 9.59 Å². The topological polar surface area (TPSA) is 110 Å². The van der Waals surface area contributed by atoms with E-state index in [1.165, 1.54) is 26.7 Å². The number of ether oxygens (including phenoxy) is 2. The summed E-state index contributed by atoms with van der Waals surface area (Å²) in [4.78, 5) is 23.7. The summed E-state index contributed by atoms with van der Waals surface area (Å²) >= 11 is 0. The highest BCUT2D eigenvalue weighted by atomic mass is 16.5. The van der Waals surface area contributed by atoms with Crippen molar-refractivity contribution >= 4 is 17.5 Å². The van der Waals surface area contributed by atoms with Crippen LogP contribution in [0.2, 0.25) is 0 Å². The van der Waals surface area contributed by atoms with Crippen LogP contribution < -0.4 is 20.1 Å². The van der Waals surface area contributed by atoms with Crippen LogP contribution in [0, 0.1) is 0 Å². The van der Waals surface area contributed by atoms with Crippen molar-refractivity contribution in [2.45, 2.75) is 6.10 Å². The van der Waals surface area contributed by atoms with Crippen molar-refractivity contribution < 1.29 is 28.6 Å². The molecule has 1 aromatic heterocycles. The summed E-state index contributed by atoms with van der Waals surface area (Å²) in [6, 6.07) is 6.33. The molecule has 0 bridgehead atoms. The second-order valence-corrected chi connectivity index (χ2v) is 4.80. The van der Waals surface area contributed by atoms with Crippen LogP contribution in [0.5, 0.6) is 11.5 Å². The fraction of sp³-hybridized carbons (Fsp3) is 0.250. The van der Waals surface area contributed by atoms with E-state index in [1.807, 2.05) is 0 Å². The quantitative estimate of drug-likeness (QED) is 0.682. The van der Waals surface area contributed by atoms with Crippen molar-refractivity contribution in [1.82, 2.24) is 5.32 Å². The van der Waals surface area contributed by atoms with Crippen LogP contribution in [0.15, 0.2) is 41.2 Å². The maximum Gasteiger partial charge on any atom is 0.313 e. The van der Waals surface area contributed by atoms with Gasteiger partial charge in [0.1, 0.15) is 11.5 Å². The number of carbonyl (C=O) groups excluding carboxylic acids is 2. The minimum atomic E-state index is -0.962. The number of aliphatic hydroxyl groups is 1. The van der Waals surface area contributed by atoms with Crippen LogP contribution in [0.3, 0.4) is 0 Å². The van der Waals surface area contributed by atoms with Gasteiger partial charge >= 0.3 is 11.8 Å². The zero-order valence-corrected chi connectivity index (χ0v) is 13.2. The van der Waals surface area contributed by atoms with Crippen LogP contribution in [0.4, 0.5) is 5.69 Å². The summed E-state index contributed by atoms with van der Waals surface area (Å²) < 4.78 is 15.0. The molecule has 1 atom stereocenters. The highest BCUT2D eigenvalue weighted by Gasteiger charge is 2.18. The van der Waals surface area contributed by atoms with E-state index in [4.69, 9.17) is 13.9 Å². The summed E-state index contributed by atoms with van der Waals surface area (Å²) in [5.41, 5.74) is 0.835. The molecular weight excluding hydrogens is 316 g/mol. The molecule has 24 heavy (non-hydrogen) atoms. The second-order valence-electron chi connectivity index (χ2n) is 4.80. The molecule has 0 fully saturated rings. The first-order valence-electron chi connectivity index (χ1n) is 7.06. The second kappa shape index (κ2) is 8.02. The van der Waals surface area contributed by atoms with Gasteiger partial charge in [-0.1, -0.05) is 0 Å². The third kappa shape index (κ3) is 4.26. The lowest BCUT2D eigenvalue weighted by atomic mass is 10.2. The van der Waals surface area contributed by atoms with Gasteiger partial charge in [0.15, 0.2) is 0 Å². The normalized spacial score (nSPS) is 11.5. The Balaban J connectivity index is 1.93. The Hall–Kier alpha value is -3.00. The number of carbonyl (C=O) groups is 2. The Morgan fingerprint density at radius 1 is 1.21 bits per heavy atom. The first-order valence-corrected chi connectivity index (χ1v) is 7.06. The number of nitrogens with one attached hydrogen (secondary N) is 2. The Morgan fingerprint density at radius 3 is 2.62 bits per heavy atom. The minimum Gasteiger partial charge on any atom is -0.497 e. The number of anilines is 1.